The minimum atomic E-state index is 0.136. The summed E-state index contributed by atoms with van der Waals surface area (Å²) in [6.45, 7) is 7.19. The van der Waals surface area contributed by atoms with E-state index in [4.69, 9.17) is 16.3 Å². The predicted molar refractivity (Wildman–Crippen MR) is 87.3 cm³/mol. The lowest BCUT2D eigenvalue weighted by molar-refractivity contribution is 0.411. The quantitative estimate of drug-likeness (QED) is 0.862. The summed E-state index contributed by atoms with van der Waals surface area (Å²) in [6, 6.07) is 6.38. The molecule has 0 aliphatic rings. The third-order valence-corrected chi connectivity index (χ3v) is 4.83. The van der Waals surface area contributed by atoms with Crippen LogP contribution in [0.5, 0.6) is 5.75 Å². The molecule has 0 aliphatic heterocycles. The topological polar surface area (TPSA) is 21.3 Å². The van der Waals surface area contributed by atoms with Crippen LogP contribution < -0.4 is 10.1 Å². The van der Waals surface area contributed by atoms with E-state index in [9.17, 15) is 0 Å². The Kier molecular flexibility index (Phi) is 5.08. The number of rotatable bonds is 5. The largest absolute Gasteiger partial charge is 0.496 e. The third kappa shape index (κ3) is 3.00. The fourth-order valence-electron chi connectivity index (χ4n) is 2.40. The zero-order valence-electron chi connectivity index (χ0n) is 12.3. The lowest BCUT2D eigenvalue weighted by Gasteiger charge is -2.21. The van der Waals surface area contributed by atoms with Crippen LogP contribution in [0.15, 0.2) is 23.6 Å². The standard InChI is InChI=1S/C16H20ClNOS/c1-5-18-15(16-13(17)6-7-20-16)12-8-11(3)14(19-4)9-10(12)2/h6-9,15,18H,5H2,1-4H3. The van der Waals surface area contributed by atoms with Crippen molar-refractivity contribution in [3.05, 3.63) is 50.2 Å². The van der Waals surface area contributed by atoms with Gasteiger partial charge in [0.05, 0.1) is 18.2 Å². The SMILES string of the molecule is CCNC(c1cc(C)c(OC)cc1C)c1sccc1Cl. The van der Waals surface area contributed by atoms with Gasteiger partial charge in [-0.2, -0.15) is 0 Å². The molecule has 0 bridgehead atoms. The summed E-state index contributed by atoms with van der Waals surface area (Å²) in [5, 5.41) is 6.40. The van der Waals surface area contributed by atoms with Gasteiger partial charge in [-0.3, -0.25) is 0 Å². The monoisotopic (exact) mass is 309 g/mol. The lowest BCUT2D eigenvalue weighted by Crippen LogP contribution is -2.22. The number of nitrogens with one attached hydrogen (secondary N) is 1. The molecule has 2 rings (SSSR count). The van der Waals surface area contributed by atoms with Gasteiger partial charge in [0.2, 0.25) is 0 Å². The molecule has 0 fully saturated rings. The Hall–Kier alpha value is -1.03. The smallest absolute Gasteiger partial charge is 0.122 e. The summed E-state index contributed by atoms with van der Waals surface area (Å²) in [5.41, 5.74) is 3.61. The summed E-state index contributed by atoms with van der Waals surface area (Å²) in [6.07, 6.45) is 0. The first-order chi connectivity index (χ1) is 9.58. The van der Waals surface area contributed by atoms with E-state index in [1.165, 1.54) is 16.0 Å². The second kappa shape index (κ2) is 6.61. The molecular formula is C16H20ClNOS. The fourth-order valence-corrected chi connectivity index (χ4v) is 3.66. The van der Waals surface area contributed by atoms with Crippen LogP contribution in [0.1, 0.15) is 34.5 Å². The molecule has 108 valence electrons. The molecule has 1 aromatic heterocycles. The first-order valence-corrected chi connectivity index (χ1v) is 7.95. The van der Waals surface area contributed by atoms with Crippen molar-refractivity contribution in [1.29, 1.82) is 0 Å². The molecule has 0 spiro atoms. The van der Waals surface area contributed by atoms with E-state index in [0.717, 1.165) is 22.9 Å². The molecule has 1 heterocycles. The molecule has 4 heteroatoms. The van der Waals surface area contributed by atoms with Crippen molar-refractivity contribution in [3.63, 3.8) is 0 Å². The first kappa shape index (κ1) is 15.4. The zero-order chi connectivity index (χ0) is 14.7. The molecule has 20 heavy (non-hydrogen) atoms. The van der Waals surface area contributed by atoms with Crippen molar-refractivity contribution in [2.45, 2.75) is 26.8 Å². The van der Waals surface area contributed by atoms with E-state index in [1.807, 2.05) is 11.4 Å². The average Bonchev–Trinajstić information content (AvgIpc) is 2.84. The maximum absolute atomic E-state index is 6.32. The average molecular weight is 310 g/mol. The molecular weight excluding hydrogens is 290 g/mol. The lowest BCUT2D eigenvalue weighted by atomic mass is 9.97. The van der Waals surface area contributed by atoms with Gasteiger partial charge in [-0.05, 0) is 54.6 Å². The third-order valence-electron chi connectivity index (χ3n) is 3.41. The van der Waals surface area contributed by atoms with Gasteiger partial charge in [0.25, 0.3) is 0 Å². The van der Waals surface area contributed by atoms with Crippen molar-refractivity contribution >= 4 is 22.9 Å². The van der Waals surface area contributed by atoms with E-state index < -0.39 is 0 Å². The molecule has 0 saturated carbocycles. The van der Waals surface area contributed by atoms with Crippen LogP contribution in [0.3, 0.4) is 0 Å². The molecule has 0 aliphatic carbocycles. The molecule has 1 aromatic carbocycles. The molecule has 0 saturated heterocycles. The van der Waals surface area contributed by atoms with Gasteiger partial charge < -0.3 is 10.1 Å². The fraction of sp³-hybridized carbons (Fsp3) is 0.375. The van der Waals surface area contributed by atoms with E-state index in [2.05, 4.69) is 38.2 Å². The molecule has 2 aromatic rings. The molecule has 0 amide bonds. The summed E-state index contributed by atoms with van der Waals surface area (Å²) in [5.74, 6) is 0.929. The van der Waals surface area contributed by atoms with Crippen molar-refractivity contribution in [3.8, 4) is 5.75 Å². The number of hydrogen-bond donors (Lipinski definition) is 1. The van der Waals surface area contributed by atoms with Gasteiger partial charge in [-0.25, -0.2) is 0 Å². The normalized spacial score (nSPS) is 12.4. The van der Waals surface area contributed by atoms with E-state index in [-0.39, 0.29) is 6.04 Å². The first-order valence-electron chi connectivity index (χ1n) is 6.69. The Bertz CT molecular complexity index is 594. The number of benzene rings is 1. The second-order valence-electron chi connectivity index (χ2n) is 4.80. The number of methoxy groups -OCH3 is 1. The molecule has 1 unspecified atom stereocenters. The zero-order valence-corrected chi connectivity index (χ0v) is 13.9. The van der Waals surface area contributed by atoms with Crippen molar-refractivity contribution in [2.24, 2.45) is 0 Å². The number of ether oxygens (including phenoxy) is 1. The predicted octanol–water partition coefficient (Wildman–Crippen LogP) is 4.73. The van der Waals surface area contributed by atoms with Crippen LogP contribution in [0.4, 0.5) is 0 Å². The number of thiophene rings is 1. The molecule has 1 atom stereocenters. The van der Waals surface area contributed by atoms with Gasteiger partial charge in [-0.15, -0.1) is 11.3 Å². The summed E-state index contributed by atoms with van der Waals surface area (Å²) in [4.78, 5) is 1.17. The highest BCUT2D eigenvalue weighted by atomic mass is 35.5. The Labute approximate surface area is 129 Å². The maximum atomic E-state index is 6.32. The van der Waals surface area contributed by atoms with Crippen LogP contribution in [0.25, 0.3) is 0 Å². The van der Waals surface area contributed by atoms with Crippen molar-refractivity contribution in [2.75, 3.05) is 13.7 Å². The summed E-state index contributed by atoms with van der Waals surface area (Å²) in [7, 11) is 1.71. The van der Waals surface area contributed by atoms with Gasteiger partial charge in [0, 0.05) is 4.88 Å². The van der Waals surface area contributed by atoms with Crippen LogP contribution in [-0.2, 0) is 0 Å². The number of hydrogen-bond acceptors (Lipinski definition) is 3. The van der Waals surface area contributed by atoms with Crippen molar-refractivity contribution < 1.29 is 4.74 Å². The van der Waals surface area contributed by atoms with Gasteiger partial charge in [0.1, 0.15) is 5.75 Å². The van der Waals surface area contributed by atoms with E-state index in [1.54, 1.807) is 18.4 Å². The number of halogens is 1. The minimum Gasteiger partial charge on any atom is -0.496 e. The molecule has 2 nitrogen and oxygen atoms in total. The molecule has 1 N–H and O–H groups in total. The minimum absolute atomic E-state index is 0.136. The van der Waals surface area contributed by atoms with Crippen LogP contribution in [0, 0.1) is 13.8 Å². The van der Waals surface area contributed by atoms with E-state index >= 15 is 0 Å². The highest BCUT2D eigenvalue weighted by Gasteiger charge is 2.20. The Balaban J connectivity index is 2.50. The van der Waals surface area contributed by atoms with Gasteiger partial charge >= 0.3 is 0 Å². The highest BCUT2D eigenvalue weighted by Crippen LogP contribution is 2.36. The molecule has 0 radical (unpaired) electrons. The summed E-state index contributed by atoms with van der Waals surface area (Å²) < 4.78 is 5.39. The van der Waals surface area contributed by atoms with E-state index in [0.29, 0.717) is 0 Å². The van der Waals surface area contributed by atoms with Crippen LogP contribution in [0.2, 0.25) is 5.02 Å². The van der Waals surface area contributed by atoms with Gasteiger partial charge in [-0.1, -0.05) is 24.6 Å². The Morgan fingerprint density at radius 2 is 2.05 bits per heavy atom. The maximum Gasteiger partial charge on any atom is 0.122 e. The Morgan fingerprint density at radius 1 is 1.30 bits per heavy atom. The van der Waals surface area contributed by atoms with Crippen LogP contribution in [-0.4, -0.2) is 13.7 Å². The van der Waals surface area contributed by atoms with Crippen LogP contribution >= 0.6 is 22.9 Å². The van der Waals surface area contributed by atoms with Gasteiger partial charge in [0.15, 0.2) is 0 Å². The number of aryl methyl sites for hydroxylation is 2. The Morgan fingerprint density at radius 3 is 2.60 bits per heavy atom. The van der Waals surface area contributed by atoms with Crippen molar-refractivity contribution in [1.82, 2.24) is 5.32 Å². The highest BCUT2D eigenvalue weighted by molar-refractivity contribution is 7.10. The summed E-state index contributed by atoms with van der Waals surface area (Å²) >= 11 is 8.01. The second-order valence-corrected chi connectivity index (χ2v) is 6.16.